The van der Waals surface area contributed by atoms with Crippen LogP contribution in [0.3, 0.4) is 0 Å². The molecule has 8 aromatic rings. The molecule has 214 valence electrons. The minimum Gasteiger partial charge on any atom is -0.456 e. The zero-order chi connectivity index (χ0) is 30.1. The van der Waals surface area contributed by atoms with Crippen molar-refractivity contribution in [2.45, 2.75) is 19.3 Å². The number of furan rings is 1. The van der Waals surface area contributed by atoms with Crippen LogP contribution in [-0.4, -0.2) is 0 Å². The Labute approximate surface area is 262 Å². The molecule has 0 saturated carbocycles. The van der Waals surface area contributed by atoms with E-state index in [1.54, 1.807) is 0 Å². The van der Waals surface area contributed by atoms with Crippen LogP contribution >= 0.6 is 0 Å². The Kier molecular flexibility index (Phi) is 5.58. The topological polar surface area (TPSA) is 16.4 Å². The minimum atomic E-state index is -0.156. The first kappa shape index (κ1) is 25.9. The van der Waals surface area contributed by atoms with Gasteiger partial charge in [-0.2, -0.15) is 0 Å². The first-order valence-electron chi connectivity index (χ1n) is 15.6. The third kappa shape index (κ3) is 3.82. The van der Waals surface area contributed by atoms with E-state index in [-0.39, 0.29) is 5.41 Å². The van der Waals surface area contributed by atoms with Crippen LogP contribution in [0.1, 0.15) is 25.0 Å². The average Bonchev–Trinajstić information content (AvgIpc) is 3.58. The number of anilines is 3. The van der Waals surface area contributed by atoms with Crippen molar-refractivity contribution in [3.05, 3.63) is 163 Å². The summed E-state index contributed by atoms with van der Waals surface area (Å²) >= 11 is 0. The molecule has 0 amide bonds. The lowest BCUT2D eigenvalue weighted by Gasteiger charge is -2.31. The lowest BCUT2D eigenvalue weighted by atomic mass is 9.80. The van der Waals surface area contributed by atoms with Gasteiger partial charge in [0, 0.05) is 33.0 Å². The Morgan fingerprint density at radius 2 is 1.18 bits per heavy atom. The van der Waals surface area contributed by atoms with E-state index in [1.165, 1.54) is 49.8 Å². The molecule has 2 heteroatoms. The molecular formula is C43H31NO. The summed E-state index contributed by atoms with van der Waals surface area (Å²) in [5.41, 5.74) is 12.8. The van der Waals surface area contributed by atoms with Crippen molar-refractivity contribution < 1.29 is 4.42 Å². The van der Waals surface area contributed by atoms with Gasteiger partial charge in [-0.3, -0.25) is 0 Å². The van der Waals surface area contributed by atoms with Crippen LogP contribution in [0.25, 0.3) is 55.0 Å². The van der Waals surface area contributed by atoms with Gasteiger partial charge in [-0.15, -0.1) is 0 Å². The van der Waals surface area contributed by atoms with Crippen LogP contribution in [0, 0.1) is 0 Å². The Balaban J connectivity index is 1.42. The third-order valence-electron chi connectivity index (χ3n) is 9.61. The SMILES string of the molecule is CC1(C)c2ccccc2-c2c(N(c3ccc4oc5ccccc5c4c3)c3ccccc3-c3ccccc3)cc3ccccc3c21. The van der Waals surface area contributed by atoms with Crippen LogP contribution in [0.5, 0.6) is 0 Å². The van der Waals surface area contributed by atoms with Crippen molar-refractivity contribution in [3.63, 3.8) is 0 Å². The van der Waals surface area contributed by atoms with Gasteiger partial charge in [-0.05, 0) is 69.4 Å². The molecule has 0 aliphatic heterocycles. The molecule has 1 aliphatic carbocycles. The summed E-state index contributed by atoms with van der Waals surface area (Å²) in [4.78, 5) is 2.48. The van der Waals surface area contributed by atoms with E-state index in [2.05, 4.69) is 158 Å². The van der Waals surface area contributed by atoms with Crippen molar-refractivity contribution in [2.75, 3.05) is 4.90 Å². The summed E-state index contributed by atoms with van der Waals surface area (Å²) < 4.78 is 6.28. The first-order chi connectivity index (χ1) is 22.1. The van der Waals surface area contributed by atoms with E-state index in [0.717, 1.165) is 33.3 Å². The number of rotatable bonds is 4. The normalized spacial score (nSPS) is 13.3. The van der Waals surface area contributed by atoms with E-state index in [9.17, 15) is 0 Å². The van der Waals surface area contributed by atoms with Gasteiger partial charge in [0.25, 0.3) is 0 Å². The van der Waals surface area contributed by atoms with Gasteiger partial charge >= 0.3 is 0 Å². The van der Waals surface area contributed by atoms with E-state index in [4.69, 9.17) is 4.42 Å². The maximum Gasteiger partial charge on any atom is 0.135 e. The molecule has 0 saturated heterocycles. The zero-order valence-electron chi connectivity index (χ0n) is 25.3. The summed E-state index contributed by atoms with van der Waals surface area (Å²) in [6.45, 7) is 4.75. The van der Waals surface area contributed by atoms with E-state index >= 15 is 0 Å². The molecule has 0 atom stereocenters. The first-order valence-corrected chi connectivity index (χ1v) is 15.6. The number of benzene rings is 7. The molecule has 0 fully saturated rings. The fraction of sp³-hybridized carbons (Fsp3) is 0.0698. The lowest BCUT2D eigenvalue weighted by molar-refractivity contribution is 0.666. The second kappa shape index (κ2) is 9.70. The highest BCUT2D eigenvalue weighted by Gasteiger charge is 2.39. The van der Waals surface area contributed by atoms with Crippen LogP contribution < -0.4 is 4.90 Å². The maximum atomic E-state index is 6.28. The molecule has 2 nitrogen and oxygen atoms in total. The van der Waals surface area contributed by atoms with Crippen molar-refractivity contribution in [2.24, 2.45) is 0 Å². The molecule has 45 heavy (non-hydrogen) atoms. The van der Waals surface area contributed by atoms with Crippen LogP contribution in [0.15, 0.2) is 156 Å². The number of fused-ring (bicyclic) bond motifs is 8. The van der Waals surface area contributed by atoms with Gasteiger partial charge in [0.2, 0.25) is 0 Å². The quantitative estimate of drug-likeness (QED) is 0.207. The van der Waals surface area contributed by atoms with Gasteiger partial charge in [0.15, 0.2) is 0 Å². The predicted molar refractivity (Wildman–Crippen MR) is 189 cm³/mol. The maximum absolute atomic E-state index is 6.28. The Morgan fingerprint density at radius 1 is 0.511 bits per heavy atom. The molecule has 0 bridgehead atoms. The van der Waals surface area contributed by atoms with Crippen LogP contribution in [0.4, 0.5) is 17.1 Å². The van der Waals surface area contributed by atoms with Gasteiger partial charge < -0.3 is 9.32 Å². The Morgan fingerprint density at radius 3 is 2.04 bits per heavy atom. The highest BCUT2D eigenvalue weighted by atomic mass is 16.3. The van der Waals surface area contributed by atoms with E-state index in [0.29, 0.717) is 0 Å². The highest BCUT2D eigenvalue weighted by molar-refractivity contribution is 6.09. The molecule has 9 rings (SSSR count). The van der Waals surface area contributed by atoms with Crippen LogP contribution in [-0.2, 0) is 5.41 Å². The fourth-order valence-electron chi connectivity index (χ4n) is 7.60. The second-order valence-corrected chi connectivity index (χ2v) is 12.5. The summed E-state index contributed by atoms with van der Waals surface area (Å²) in [5.74, 6) is 0. The van der Waals surface area contributed by atoms with E-state index < -0.39 is 0 Å². The largest absolute Gasteiger partial charge is 0.456 e. The zero-order valence-corrected chi connectivity index (χ0v) is 25.3. The predicted octanol–water partition coefficient (Wildman–Crippen LogP) is 12.2. The number of hydrogen-bond donors (Lipinski definition) is 0. The number of para-hydroxylation sites is 2. The van der Waals surface area contributed by atoms with Gasteiger partial charge in [0.05, 0.1) is 11.4 Å². The Hall–Kier alpha value is -5.60. The van der Waals surface area contributed by atoms with Gasteiger partial charge in [-0.1, -0.05) is 129 Å². The lowest BCUT2D eigenvalue weighted by Crippen LogP contribution is -2.17. The third-order valence-corrected chi connectivity index (χ3v) is 9.61. The molecule has 0 N–H and O–H groups in total. The van der Waals surface area contributed by atoms with Crippen molar-refractivity contribution in [1.82, 2.24) is 0 Å². The second-order valence-electron chi connectivity index (χ2n) is 12.5. The average molecular weight is 578 g/mol. The van der Waals surface area contributed by atoms with Gasteiger partial charge in [0.1, 0.15) is 11.2 Å². The van der Waals surface area contributed by atoms with Crippen molar-refractivity contribution in [1.29, 1.82) is 0 Å². The molecule has 1 aromatic heterocycles. The molecule has 0 unspecified atom stereocenters. The Bertz CT molecular complexity index is 2410. The number of nitrogens with zero attached hydrogens (tertiary/aromatic N) is 1. The number of hydrogen-bond acceptors (Lipinski definition) is 2. The summed E-state index contributed by atoms with van der Waals surface area (Å²) in [5, 5.41) is 4.79. The summed E-state index contributed by atoms with van der Waals surface area (Å²) in [6.07, 6.45) is 0. The summed E-state index contributed by atoms with van der Waals surface area (Å²) in [6, 6.07) is 54.7. The van der Waals surface area contributed by atoms with Crippen LogP contribution in [0.2, 0.25) is 0 Å². The fourth-order valence-corrected chi connectivity index (χ4v) is 7.60. The smallest absolute Gasteiger partial charge is 0.135 e. The molecular weight excluding hydrogens is 546 g/mol. The highest BCUT2D eigenvalue weighted by Crippen LogP contribution is 2.57. The summed E-state index contributed by atoms with van der Waals surface area (Å²) in [7, 11) is 0. The molecule has 0 spiro atoms. The van der Waals surface area contributed by atoms with Crippen molar-refractivity contribution in [3.8, 4) is 22.3 Å². The molecule has 1 aliphatic rings. The minimum absolute atomic E-state index is 0.156. The molecule has 1 heterocycles. The molecule has 0 radical (unpaired) electrons. The monoisotopic (exact) mass is 577 g/mol. The van der Waals surface area contributed by atoms with E-state index in [1.807, 2.05) is 12.1 Å². The standard InChI is InChI=1S/C43H31NO/c1-43(2)36-21-11-8-20-34(36)41-38(26-29-16-6-7-18-32(29)42(41)43)44(37-22-12-9-17-31(37)28-14-4-3-5-15-28)30-24-25-40-35(27-30)33-19-10-13-23-39(33)45-40/h3-27H,1-2H3. The van der Waals surface area contributed by atoms with Crippen molar-refractivity contribution >= 4 is 49.8 Å². The van der Waals surface area contributed by atoms with Gasteiger partial charge in [-0.25, -0.2) is 0 Å². The molecule has 7 aromatic carbocycles.